The van der Waals surface area contributed by atoms with Gasteiger partial charge in [0.15, 0.2) is 0 Å². The molecule has 0 spiro atoms. The summed E-state index contributed by atoms with van der Waals surface area (Å²) < 4.78 is 1.75. The minimum Gasteiger partial charge on any atom is -0.279 e. The van der Waals surface area contributed by atoms with Crippen molar-refractivity contribution < 1.29 is 0 Å². The highest BCUT2D eigenvalue weighted by atomic mass is 16.3. The highest BCUT2D eigenvalue weighted by molar-refractivity contribution is 5.52. The van der Waals surface area contributed by atoms with Crippen LogP contribution in [-0.4, -0.2) is 9.38 Å². The van der Waals surface area contributed by atoms with E-state index in [1.807, 2.05) is 25.1 Å². The van der Waals surface area contributed by atoms with Crippen LogP contribution in [0.1, 0.15) is 11.4 Å². The third kappa shape index (κ3) is 1.02. The number of hydrogen-bond donors (Lipinski definition) is 0. The molecule has 66 valence electrons. The van der Waals surface area contributed by atoms with E-state index in [0.717, 1.165) is 11.3 Å². The van der Waals surface area contributed by atoms with Crippen molar-refractivity contribution in [2.24, 2.45) is 5.18 Å². The van der Waals surface area contributed by atoms with E-state index in [9.17, 15) is 4.91 Å². The van der Waals surface area contributed by atoms with E-state index in [-0.39, 0.29) is 0 Å². The number of aromatic nitrogens is 2. The second-order valence-corrected chi connectivity index (χ2v) is 2.97. The number of aryl methyl sites for hydroxylation is 2. The number of nitrogens with zero attached hydrogens (tertiary/aromatic N) is 3. The molecule has 0 saturated heterocycles. The van der Waals surface area contributed by atoms with E-state index in [4.69, 9.17) is 0 Å². The summed E-state index contributed by atoms with van der Waals surface area (Å²) in [6.07, 6.45) is 0. The third-order valence-electron chi connectivity index (χ3n) is 2.07. The number of rotatable bonds is 1. The number of imidazole rings is 1. The topological polar surface area (TPSA) is 46.7 Å². The highest BCUT2D eigenvalue weighted by Gasteiger charge is 2.09. The lowest BCUT2D eigenvalue weighted by Crippen LogP contribution is -1.88. The van der Waals surface area contributed by atoms with Gasteiger partial charge in [-0.05, 0) is 31.2 Å². The lowest BCUT2D eigenvalue weighted by molar-refractivity contribution is 1.08. The number of pyridine rings is 1. The van der Waals surface area contributed by atoms with Crippen molar-refractivity contribution in [3.05, 3.63) is 34.5 Å². The fourth-order valence-corrected chi connectivity index (χ4v) is 1.46. The first-order chi connectivity index (χ1) is 6.24. The van der Waals surface area contributed by atoms with E-state index in [0.29, 0.717) is 11.5 Å². The molecular formula is C9H9N3O. The zero-order valence-corrected chi connectivity index (χ0v) is 7.48. The van der Waals surface area contributed by atoms with E-state index < -0.39 is 0 Å². The van der Waals surface area contributed by atoms with Crippen LogP contribution in [0.5, 0.6) is 0 Å². The summed E-state index contributed by atoms with van der Waals surface area (Å²) in [5.41, 5.74) is 2.41. The van der Waals surface area contributed by atoms with Gasteiger partial charge >= 0.3 is 0 Å². The Bertz CT molecular complexity index is 473. The Labute approximate surface area is 75.2 Å². The summed E-state index contributed by atoms with van der Waals surface area (Å²) in [5, 5.41) is 2.97. The zero-order valence-electron chi connectivity index (χ0n) is 7.48. The molecule has 0 bridgehead atoms. The molecule has 0 atom stereocenters. The summed E-state index contributed by atoms with van der Waals surface area (Å²) in [6, 6.07) is 5.68. The van der Waals surface area contributed by atoms with Crippen LogP contribution in [0.15, 0.2) is 23.4 Å². The normalized spacial score (nSPS) is 10.6. The van der Waals surface area contributed by atoms with Crippen molar-refractivity contribution >= 4 is 11.5 Å². The Kier molecular flexibility index (Phi) is 1.62. The number of fused-ring (bicyclic) bond motifs is 1. The summed E-state index contributed by atoms with van der Waals surface area (Å²) in [4.78, 5) is 14.8. The predicted octanol–water partition coefficient (Wildman–Crippen LogP) is 2.35. The molecule has 4 heteroatoms. The second kappa shape index (κ2) is 2.65. The Morgan fingerprint density at radius 3 is 2.85 bits per heavy atom. The minimum atomic E-state index is 0.396. The van der Waals surface area contributed by atoms with Crippen LogP contribution >= 0.6 is 0 Å². The van der Waals surface area contributed by atoms with Crippen LogP contribution in [-0.2, 0) is 0 Å². The maximum absolute atomic E-state index is 10.5. The van der Waals surface area contributed by atoms with Crippen LogP contribution < -0.4 is 0 Å². The first kappa shape index (κ1) is 7.91. The molecule has 13 heavy (non-hydrogen) atoms. The average Bonchev–Trinajstić information content (AvgIpc) is 2.42. The summed E-state index contributed by atoms with van der Waals surface area (Å²) >= 11 is 0. The molecule has 2 aromatic rings. The second-order valence-electron chi connectivity index (χ2n) is 2.97. The molecule has 0 fully saturated rings. The van der Waals surface area contributed by atoms with Crippen molar-refractivity contribution in [1.82, 2.24) is 9.38 Å². The van der Waals surface area contributed by atoms with Crippen molar-refractivity contribution in [2.45, 2.75) is 13.8 Å². The molecule has 4 nitrogen and oxygen atoms in total. The SMILES string of the molecule is Cc1nc2cccc(C)n2c1N=O. The van der Waals surface area contributed by atoms with E-state index in [2.05, 4.69) is 10.2 Å². The Morgan fingerprint density at radius 1 is 1.38 bits per heavy atom. The smallest absolute Gasteiger partial charge is 0.204 e. The average molecular weight is 175 g/mol. The quantitative estimate of drug-likeness (QED) is 0.624. The lowest BCUT2D eigenvalue weighted by atomic mass is 10.4. The molecule has 0 aliphatic carbocycles. The van der Waals surface area contributed by atoms with Gasteiger partial charge in [-0.25, -0.2) is 4.98 Å². The van der Waals surface area contributed by atoms with Crippen LogP contribution in [0.3, 0.4) is 0 Å². The van der Waals surface area contributed by atoms with Gasteiger partial charge < -0.3 is 0 Å². The van der Waals surface area contributed by atoms with Crippen LogP contribution in [0, 0.1) is 18.8 Å². The van der Waals surface area contributed by atoms with E-state index in [1.54, 1.807) is 11.3 Å². The Morgan fingerprint density at radius 2 is 2.15 bits per heavy atom. The maximum Gasteiger partial charge on any atom is 0.204 e. The highest BCUT2D eigenvalue weighted by Crippen LogP contribution is 2.21. The standard InChI is InChI=1S/C9H9N3O/c1-6-4-3-5-8-10-7(2)9(11-13)12(6)8/h3-5H,1-2H3. The summed E-state index contributed by atoms with van der Waals surface area (Å²) in [5.74, 6) is 0.396. The largest absolute Gasteiger partial charge is 0.279 e. The molecule has 0 aliphatic heterocycles. The lowest BCUT2D eigenvalue weighted by Gasteiger charge is -1.98. The first-order valence-electron chi connectivity index (χ1n) is 4.02. The van der Waals surface area contributed by atoms with Crippen molar-refractivity contribution in [3.63, 3.8) is 0 Å². The predicted molar refractivity (Wildman–Crippen MR) is 50.1 cm³/mol. The van der Waals surface area contributed by atoms with Crippen molar-refractivity contribution in [2.75, 3.05) is 0 Å². The fourth-order valence-electron chi connectivity index (χ4n) is 1.46. The van der Waals surface area contributed by atoms with Crippen LogP contribution in [0.2, 0.25) is 0 Å². The van der Waals surface area contributed by atoms with Crippen molar-refractivity contribution in [3.8, 4) is 0 Å². The fraction of sp³-hybridized carbons (Fsp3) is 0.222. The molecule has 2 heterocycles. The molecule has 2 rings (SSSR count). The van der Waals surface area contributed by atoms with Gasteiger partial charge in [0.2, 0.25) is 5.82 Å². The molecule has 0 saturated carbocycles. The van der Waals surface area contributed by atoms with Crippen LogP contribution in [0.25, 0.3) is 5.65 Å². The van der Waals surface area contributed by atoms with Crippen LogP contribution in [0.4, 0.5) is 5.82 Å². The van der Waals surface area contributed by atoms with Crippen molar-refractivity contribution in [1.29, 1.82) is 0 Å². The van der Waals surface area contributed by atoms with Gasteiger partial charge in [0, 0.05) is 5.69 Å². The van der Waals surface area contributed by atoms with E-state index >= 15 is 0 Å². The first-order valence-corrected chi connectivity index (χ1v) is 4.02. The Hall–Kier alpha value is -1.71. The third-order valence-corrected chi connectivity index (χ3v) is 2.07. The zero-order chi connectivity index (χ0) is 9.42. The molecular weight excluding hydrogens is 166 g/mol. The van der Waals surface area contributed by atoms with Gasteiger partial charge in [0.05, 0.1) is 5.69 Å². The van der Waals surface area contributed by atoms with Gasteiger partial charge in [-0.15, -0.1) is 4.91 Å². The monoisotopic (exact) mass is 175 g/mol. The molecule has 0 amide bonds. The maximum atomic E-state index is 10.5. The van der Waals surface area contributed by atoms with Gasteiger partial charge in [-0.2, -0.15) is 0 Å². The van der Waals surface area contributed by atoms with E-state index in [1.165, 1.54) is 0 Å². The molecule has 2 aromatic heterocycles. The summed E-state index contributed by atoms with van der Waals surface area (Å²) in [6.45, 7) is 3.70. The summed E-state index contributed by atoms with van der Waals surface area (Å²) in [7, 11) is 0. The molecule has 0 N–H and O–H groups in total. The van der Waals surface area contributed by atoms with Gasteiger partial charge in [-0.1, -0.05) is 6.07 Å². The Balaban J connectivity index is 2.96. The molecule has 0 aromatic carbocycles. The number of nitroso groups, excluding NO2 is 1. The molecule has 0 aliphatic rings. The van der Waals surface area contributed by atoms with Gasteiger partial charge in [-0.3, -0.25) is 4.40 Å². The van der Waals surface area contributed by atoms with Gasteiger partial charge in [0.25, 0.3) is 0 Å². The molecule has 0 unspecified atom stereocenters. The molecule has 0 radical (unpaired) electrons. The van der Waals surface area contributed by atoms with Gasteiger partial charge in [0.1, 0.15) is 5.65 Å². The minimum absolute atomic E-state index is 0.396. The number of hydrogen-bond acceptors (Lipinski definition) is 3.